The highest BCUT2D eigenvalue weighted by Gasteiger charge is 2.22. The fourth-order valence-electron chi connectivity index (χ4n) is 3.11. The predicted molar refractivity (Wildman–Crippen MR) is 133 cm³/mol. The van der Waals surface area contributed by atoms with E-state index in [1.807, 2.05) is 0 Å². The molecule has 182 valence electrons. The Morgan fingerprint density at radius 1 is 0.556 bits per heavy atom. The largest absolute Gasteiger partial charge is 0.284 e. The van der Waals surface area contributed by atoms with Crippen molar-refractivity contribution in [3.63, 3.8) is 0 Å². The Morgan fingerprint density at radius 2 is 0.889 bits per heavy atom. The van der Waals surface area contributed by atoms with Gasteiger partial charge in [-0.25, -0.2) is 0 Å². The molecule has 0 spiro atoms. The molecule has 0 aromatic heterocycles. The first kappa shape index (κ1) is 25.9. The molecule has 3 aromatic rings. The number of nitro groups is 4. The molecule has 0 bridgehead atoms. The van der Waals surface area contributed by atoms with Gasteiger partial charge in [0.1, 0.15) is 0 Å². The summed E-state index contributed by atoms with van der Waals surface area (Å²) in [5.41, 5.74) is -0.908. The van der Waals surface area contributed by atoms with Crippen LogP contribution in [0.15, 0.2) is 60.7 Å². The number of hydrogen-bond donors (Lipinski definition) is 0. The van der Waals surface area contributed by atoms with E-state index in [9.17, 15) is 40.5 Å². The number of halogens is 2. The van der Waals surface area contributed by atoms with Crippen molar-refractivity contribution in [3.05, 3.63) is 123 Å². The maximum atomic E-state index is 11.3. The molecule has 12 nitrogen and oxygen atoms in total. The van der Waals surface area contributed by atoms with Crippen LogP contribution in [-0.4, -0.2) is 19.7 Å². The molecule has 3 rings (SSSR count). The highest BCUT2D eigenvalue weighted by atomic mass is 35.5. The summed E-state index contributed by atoms with van der Waals surface area (Å²) in [6.45, 7) is 0. The van der Waals surface area contributed by atoms with Crippen molar-refractivity contribution in [1.29, 1.82) is 0 Å². The predicted octanol–water partition coefficient (Wildman–Crippen LogP) is 6.79. The van der Waals surface area contributed by atoms with E-state index < -0.39 is 42.4 Å². The van der Waals surface area contributed by atoms with Crippen LogP contribution in [-0.2, 0) is 0 Å². The second kappa shape index (κ2) is 10.7. The summed E-state index contributed by atoms with van der Waals surface area (Å²) in [4.78, 5) is 41.4. The average molecular weight is 531 g/mol. The summed E-state index contributed by atoms with van der Waals surface area (Å²) in [5, 5.41) is 44.4. The lowest BCUT2D eigenvalue weighted by Gasteiger charge is -2.04. The SMILES string of the molecule is O=[N+]([O-])c1ccc(/C(Cl)=C/c2ccc(/C=C(\Cl)c3ccc([N+](=O)[O-])cc3[N+](=O)[O-])cc2)c([N+](=O)[O-])c1. The van der Waals surface area contributed by atoms with Gasteiger partial charge in [0, 0.05) is 12.1 Å². The Bertz CT molecular complexity index is 1360. The molecule has 0 amide bonds. The normalized spacial score (nSPS) is 11.7. The molecule has 0 fully saturated rings. The number of nitro benzene ring substituents is 4. The van der Waals surface area contributed by atoms with Crippen LogP contribution in [0.25, 0.3) is 22.2 Å². The zero-order valence-electron chi connectivity index (χ0n) is 17.7. The number of benzene rings is 3. The maximum Gasteiger partial charge on any atom is 0.284 e. The fraction of sp³-hybridized carbons (Fsp3) is 0. The van der Waals surface area contributed by atoms with E-state index >= 15 is 0 Å². The van der Waals surface area contributed by atoms with Crippen molar-refractivity contribution in [2.45, 2.75) is 0 Å². The molecule has 0 saturated heterocycles. The van der Waals surface area contributed by atoms with Crippen LogP contribution >= 0.6 is 23.2 Å². The molecule has 14 heteroatoms. The third-order valence-corrected chi connectivity index (χ3v) is 5.44. The minimum Gasteiger partial charge on any atom is -0.258 e. The summed E-state index contributed by atoms with van der Waals surface area (Å²) in [7, 11) is 0. The summed E-state index contributed by atoms with van der Waals surface area (Å²) in [6, 6.07) is 12.6. The van der Waals surface area contributed by atoms with Gasteiger partial charge in [-0.05, 0) is 35.4 Å². The first-order chi connectivity index (χ1) is 17.0. The second-order valence-corrected chi connectivity index (χ2v) is 7.90. The van der Waals surface area contributed by atoms with E-state index in [0.29, 0.717) is 11.1 Å². The lowest BCUT2D eigenvalue weighted by atomic mass is 10.1. The van der Waals surface area contributed by atoms with E-state index in [2.05, 4.69) is 0 Å². The molecule has 0 aliphatic heterocycles. The quantitative estimate of drug-likeness (QED) is 0.173. The van der Waals surface area contributed by atoms with Crippen molar-refractivity contribution in [2.75, 3.05) is 0 Å². The van der Waals surface area contributed by atoms with Gasteiger partial charge in [-0.15, -0.1) is 0 Å². The number of nitrogens with zero attached hydrogens (tertiary/aromatic N) is 4. The Labute approximate surface area is 211 Å². The summed E-state index contributed by atoms with van der Waals surface area (Å²) >= 11 is 12.5. The van der Waals surface area contributed by atoms with E-state index in [1.165, 1.54) is 24.3 Å². The van der Waals surface area contributed by atoms with Crippen LogP contribution in [0.4, 0.5) is 22.7 Å². The molecule has 0 N–H and O–H groups in total. The summed E-state index contributed by atoms with van der Waals surface area (Å²) < 4.78 is 0. The number of rotatable bonds is 8. The molecular formula is C22H12Cl2N4O8. The van der Waals surface area contributed by atoms with Crippen molar-refractivity contribution in [3.8, 4) is 0 Å². The average Bonchev–Trinajstić information content (AvgIpc) is 2.84. The number of non-ortho nitro benzene ring substituents is 2. The monoisotopic (exact) mass is 530 g/mol. The third kappa shape index (κ3) is 5.87. The minimum absolute atomic E-state index is 0.00948. The topological polar surface area (TPSA) is 173 Å². The molecule has 36 heavy (non-hydrogen) atoms. The summed E-state index contributed by atoms with van der Waals surface area (Å²) in [5.74, 6) is 0. The Balaban J connectivity index is 1.91. The smallest absolute Gasteiger partial charge is 0.258 e. The highest BCUT2D eigenvalue weighted by Crippen LogP contribution is 2.35. The van der Waals surface area contributed by atoms with Gasteiger partial charge in [0.2, 0.25) is 0 Å². The van der Waals surface area contributed by atoms with E-state index in [1.54, 1.807) is 24.3 Å². The van der Waals surface area contributed by atoms with Crippen molar-refractivity contribution in [1.82, 2.24) is 0 Å². The van der Waals surface area contributed by atoms with E-state index in [4.69, 9.17) is 23.2 Å². The van der Waals surface area contributed by atoms with Crippen molar-refractivity contribution >= 4 is 68.2 Å². The molecule has 0 aliphatic rings. The van der Waals surface area contributed by atoms with Gasteiger partial charge in [0.15, 0.2) is 0 Å². The zero-order valence-corrected chi connectivity index (χ0v) is 19.3. The number of hydrogen-bond acceptors (Lipinski definition) is 8. The first-order valence-electron chi connectivity index (χ1n) is 9.69. The minimum atomic E-state index is -0.772. The van der Waals surface area contributed by atoms with Crippen molar-refractivity contribution < 1.29 is 19.7 Å². The molecule has 0 aliphatic carbocycles. The van der Waals surface area contributed by atoms with Crippen LogP contribution in [0.3, 0.4) is 0 Å². The van der Waals surface area contributed by atoms with Gasteiger partial charge in [0.05, 0.1) is 53.0 Å². The molecular weight excluding hydrogens is 519 g/mol. The summed E-state index contributed by atoms with van der Waals surface area (Å²) in [6.07, 6.45) is 2.85. The van der Waals surface area contributed by atoms with Gasteiger partial charge in [-0.1, -0.05) is 47.5 Å². The van der Waals surface area contributed by atoms with Crippen LogP contribution in [0.5, 0.6) is 0 Å². The third-order valence-electron chi connectivity index (χ3n) is 4.82. The van der Waals surface area contributed by atoms with Crippen LogP contribution < -0.4 is 0 Å². The van der Waals surface area contributed by atoms with Gasteiger partial charge < -0.3 is 0 Å². The van der Waals surface area contributed by atoms with Crippen molar-refractivity contribution in [2.24, 2.45) is 0 Å². The molecule has 0 radical (unpaired) electrons. The second-order valence-electron chi connectivity index (χ2n) is 7.08. The standard InChI is InChI=1S/C22H12Cl2N4O8/c23-19(17-7-5-15(25(29)30)11-21(17)27(33)34)9-13-1-2-14(4-3-13)10-20(24)18-8-6-16(26(31)32)12-22(18)28(35)36/h1-12H/b19-9-,20-10-. The Hall–Kier alpha value is -4.68. The highest BCUT2D eigenvalue weighted by molar-refractivity contribution is 6.52. The first-order valence-corrected chi connectivity index (χ1v) is 10.4. The van der Waals surface area contributed by atoms with Crippen LogP contribution in [0, 0.1) is 40.5 Å². The molecule has 0 heterocycles. The van der Waals surface area contributed by atoms with E-state index in [0.717, 1.165) is 24.3 Å². The van der Waals surface area contributed by atoms with Gasteiger partial charge >= 0.3 is 0 Å². The Kier molecular flexibility index (Phi) is 7.72. The molecule has 0 unspecified atom stereocenters. The zero-order chi connectivity index (χ0) is 26.6. The maximum absolute atomic E-state index is 11.3. The van der Waals surface area contributed by atoms with Crippen LogP contribution in [0.2, 0.25) is 0 Å². The molecule has 3 aromatic carbocycles. The van der Waals surface area contributed by atoms with E-state index in [-0.39, 0.29) is 21.2 Å². The van der Waals surface area contributed by atoms with Gasteiger partial charge in [0.25, 0.3) is 22.7 Å². The molecule has 0 saturated carbocycles. The Morgan fingerprint density at radius 3 is 1.17 bits per heavy atom. The fourth-order valence-corrected chi connectivity index (χ4v) is 3.68. The van der Waals surface area contributed by atoms with Crippen LogP contribution in [0.1, 0.15) is 22.3 Å². The lowest BCUT2D eigenvalue weighted by molar-refractivity contribution is -0.394. The van der Waals surface area contributed by atoms with Gasteiger partial charge in [-0.3, -0.25) is 40.5 Å². The van der Waals surface area contributed by atoms with Gasteiger partial charge in [-0.2, -0.15) is 0 Å². The lowest BCUT2D eigenvalue weighted by Crippen LogP contribution is -1.96. The molecule has 0 atom stereocenters.